The molecule has 35 heavy (non-hydrogen) atoms. The van der Waals surface area contributed by atoms with Crippen LogP contribution in [0.15, 0.2) is 48.5 Å². The Morgan fingerprint density at radius 1 is 1.11 bits per heavy atom. The van der Waals surface area contributed by atoms with Gasteiger partial charge in [-0.05, 0) is 0 Å². The Bertz CT molecular complexity index is 1240. The number of halogens is 1. The van der Waals surface area contributed by atoms with Gasteiger partial charge in [0.25, 0.3) is 0 Å². The second kappa shape index (κ2) is 12.6. The summed E-state index contributed by atoms with van der Waals surface area (Å²) < 4.78 is 20.6. The second-order valence-corrected chi connectivity index (χ2v) is 14.4. The minimum atomic E-state index is -3.82. The van der Waals surface area contributed by atoms with Crippen LogP contribution < -0.4 is 15.0 Å². The van der Waals surface area contributed by atoms with Crippen molar-refractivity contribution < 1.29 is 7.86 Å². The van der Waals surface area contributed by atoms with Crippen molar-refractivity contribution in [3.05, 3.63) is 80.0 Å². The zero-order valence-corrected chi connectivity index (χ0v) is 23.3. The van der Waals surface area contributed by atoms with E-state index in [4.69, 9.17) is 20.1 Å². The number of hydrogen-bond acceptors (Lipinski definition) is 5. The molecular weight excluding hydrogens is 553 g/mol. The monoisotopic (exact) mass is 589 g/mol. The second-order valence-electron chi connectivity index (χ2n) is 7.87. The quantitative estimate of drug-likeness (QED) is 0.0919. The van der Waals surface area contributed by atoms with Crippen LogP contribution in [0.4, 0.5) is 5.69 Å². The van der Waals surface area contributed by atoms with E-state index in [1.54, 1.807) is 18.2 Å². The zero-order chi connectivity index (χ0) is 26.2. The van der Waals surface area contributed by atoms with Gasteiger partial charge in [0, 0.05) is 0 Å². The fourth-order valence-electron chi connectivity index (χ4n) is 3.47. The van der Waals surface area contributed by atoms with Crippen LogP contribution in [0.5, 0.6) is 0 Å². The van der Waals surface area contributed by atoms with Crippen molar-refractivity contribution in [3.63, 3.8) is 0 Å². The molecule has 8 heteroatoms. The van der Waals surface area contributed by atoms with Gasteiger partial charge in [-0.1, -0.05) is 13.8 Å². The molecule has 1 aromatic heterocycles. The maximum absolute atomic E-state index is 13.2. The molecule has 1 unspecified atom stereocenters. The van der Waals surface area contributed by atoms with Gasteiger partial charge in [0.15, 0.2) is 0 Å². The van der Waals surface area contributed by atoms with Gasteiger partial charge in [-0.25, -0.2) is 0 Å². The number of anilines is 1. The number of rotatable bonds is 8. The summed E-state index contributed by atoms with van der Waals surface area (Å²) in [5.41, 5.74) is 11.6. The minimum absolute atomic E-state index is 0.258. The Morgan fingerprint density at radius 2 is 1.77 bits per heavy atom. The molecule has 1 atom stereocenters. The number of benzene rings is 2. The van der Waals surface area contributed by atoms with Gasteiger partial charge in [0.1, 0.15) is 0 Å². The summed E-state index contributed by atoms with van der Waals surface area (Å²) in [5, 5.41) is 10.3. The summed E-state index contributed by atoms with van der Waals surface area (Å²) in [6, 6.07) is 14.7. The van der Waals surface area contributed by atoms with Crippen LogP contribution in [-0.2, 0) is 9.49 Å². The molecule has 0 aliphatic carbocycles. The van der Waals surface area contributed by atoms with Gasteiger partial charge in [-0.3, -0.25) is 0 Å². The number of nitrogens with two attached hydrogens (primary N) is 2. The van der Waals surface area contributed by atoms with Crippen molar-refractivity contribution in [3.8, 4) is 11.3 Å². The Labute approximate surface area is 212 Å². The molecule has 0 spiro atoms. The first-order valence-corrected chi connectivity index (χ1v) is 16.4. The molecule has 1 amide bonds. The summed E-state index contributed by atoms with van der Waals surface area (Å²) >= 11 is -3.82. The number of pyridine rings is 1. The number of alkyl halides is 1. The van der Waals surface area contributed by atoms with E-state index in [0.717, 1.165) is 34.3 Å². The van der Waals surface area contributed by atoms with Crippen molar-refractivity contribution >= 4 is 36.5 Å². The van der Waals surface area contributed by atoms with Gasteiger partial charge in [-0.2, -0.15) is 0 Å². The molecule has 1 heterocycles. The first-order valence-electron chi connectivity index (χ1n) is 11.6. The number of nitrogen functional groups attached to an aromatic ring is 1. The number of carbonyl (C=O) groups is 1. The van der Waals surface area contributed by atoms with E-state index in [1.165, 1.54) is 0 Å². The number of nitrogens with zero attached hydrogens (tertiary/aromatic N) is 1. The van der Waals surface area contributed by atoms with Gasteiger partial charge in [0.05, 0.1) is 0 Å². The molecular formula is C27H36IN5O2. The Morgan fingerprint density at radius 3 is 2.37 bits per heavy atom. The number of nitrogens with one attached hydrogen (secondary N) is 2. The summed E-state index contributed by atoms with van der Waals surface area (Å²) in [5.74, 6) is -0.258. The normalized spacial score (nSPS) is 13.1. The first kappa shape index (κ1) is 28.3. The molecule has 7 nitrogen and oxygen atoms in total. The molecule has 0 radical (unpaired) electrons. The van der Waals surface area contributed by atoms with E-state index in [2.05, 4.69) is 5.32 Å². The third-order valence-electron chi connectivity index (χ3n) is 5.50. The van der Waals surface area contributed by atoms with Crippen LogP contribution in [0.3, 0.4) is 0 Å². The predicted octanol–water partition coefficient (Wildman–Crippen LogP) is 5.39. The number of aromatic nitrogens is 1. The summed E-state index contributed by atoms with van der Waals surface area (Å²) in [4.78, 5) is 17.4. The van der Waals surface area contributed by atoms with Gasteiger partial charge in [-0.15, -0.1) is 0 Å². The predicted molar refractivity (Wildman–Crippen MR) is 153 cm³/mol. The van der Waals surface area contributed by atoms with E-state index in [9.17, 15) is 7.86 Å². The molecule has 0 bridgehead atoms. The molecule has 188 valence electrons. The Balaban J connectivity index is 0.00000210. The Hall–Kier alpha value is -2.98. The van der Waals surface area contributed by atoms with Gasteiger partial charge in [0.2, 0.25) is 0 Å². The van der Waals surface area contributed by atoms with Crippen molar-refractivity contribution in [2.24, 2.45) is 3.95 Å². The molecule has 3 aromatic rings. The topological polar surface area (TPSA) is 135 Å². The number of hydrogen-bond donors (Lipinski definition) is 4. The summed E-state index contributed by atoms with van der Waals surface area (Å²) in [6.07, 6.45) is 1.59. The molecule has 0 aliphatic rings. The van der Waals surface area contributed by atoms with Crippen LogP contribution in [0, 0.1) is 22.8 Å². The molecule has 0 fully saturated rings. The standard InChI is InChI=1S/C25H30IN5O2.C2H6/c1-4-26(29,33)22-14-21(31-24(17(22)3)18-7-5-16(2)6-8-18)11-12-30-25(32)19-9-10-23(28)20(13-19)15-27;1-2/h5-10,13-15,27H,4,11-12,28H2,1-3H3,(H2,29,33)(H,30,32);1-2H3. The van der Waals surface area contributed by atoms with E-state index < -0.39 is 18.7 Å². The first-order chi connectivity index (χ1) is 16.7. The van der Waals surface area contributed by atoms with Crippen molar-refractivity contribution in [2.75, 3.05) is 16.7 Å². The SMILES string of the molecule is CC.CCI(N)(=O)c1cc(CCNC(=O)c2ccc(N)c(C=N)c2)nc(-c2ccc(C)cc2)c1C. The van der Waals surface area contributed by atoms with E-state index in [1.807, 2.05) is 65.0 Å². The van der Waals surface area contributed by atoms with Crippen molar-refractivity contribution in [1.29, 1.82) is 5.41 Å². The fraction of sp³-hybridized carbons (Fsp3) is 0.296. The van der Waals surface area contributed by atoms with E-state index in [0.29, 0.717) is 37.8 Å². The van der Waals surface area contributed by atoms with Crippen LogP contribution in [-0.4, -0.2) is 28.1 Å². The van der Waals surface area contributed by atoms with E-state index >= 15 is 0 Å². The molecule has 2 aromatic carbocycles. The van der Waals surface area contributed by atoms with E-state index in [-0.39, 0.29) is 5.91 Å². The number of amides is 1. The Kier molecular flexibility index (Phi) is 10.2. The fourth-order valence-corrected chi connectivity index (χ4v) is 6.80. The van der Waals surface area contributed by atoms with Gasteiger partial charge < -0.3 is 0 Å². The average molecular weight is 590 g/mol. The molecule has 3 rings (SSSR count). The number of carbonyl (C=O) groups excluding carboxylic acids is 1. The van der Waals surface area contributed by atoms with Crippen molar-refractivity contribution in [1.82, 2.24) is 10.3 Å². The van der Waals surface area contributed by atoms with Crippen LogP contribution >= 0.6 is 18.7 Å². The van der Waals surface area contributed by atoms with Gasteiger partial charge >= 0.3 is 199 Å². The van der Waals surface area contributed by atoms with Crippen molar-refractivity contribution in [2.45, 2.75) is 41.0 Å². The molecule has 0 saturated heterocycles. The average Bonchev–Trinajstić information content (AvgIpc) is 2.86. The third-order valence-corrected chi connectivity index (χ3v) is 10.9. The summed E-state index contributed by atoms with van der Waals surface area (Å²) in [6.45, 7) is 10.1. The molecule has 0 aliphatic heterocycles. The molecule has 6 N–H and O–H groups in total. The summed E-state index contributed by atoms with van der Waals surface area (Å²) in [7, 11) is 0. The zero-order valence-electron chi connectivity index (χ0n) is 21.1. The molecule has 0 saturated carbocycles. The van der Waals surface area contributed by atoms with Crippen LogP contribution in [0.25, 0.3) is 11.3 Å². The number of aryl methyl sites for hydroxylation is 1. The van der Waals surface area contributed by atoms with Crippen LogP contribution in [0.2, 0.25) is 0 Å². The van der Waals surface area contributed by atoms with Crippen LogP contribution in [0.1, 0.15) is 53.5 Å². The maximum atomic E-state index is 13.2. The third kappa shape index (κ3) is 7.02.